The lowest BCUT2D eigenvalue weighted by atomic mass is 10.0. The highest BCUT2D eigenvalue weighted by molar-refractivity contribution is 5.38. The van der Waals surface area contributed by atoms with E-state index < -0.39 is 0 Å². The molecular formula is C14H17N3O. The molecule has 3 rings (SSSR count). The number of ether oxygens (including phenoxy) is 1. The van der Waals surface area contributed by atoms with Gasteiger partial charge in [0.2, 0.25) is 5.95 Å². The van der Waals surface area contributed by atoms with E-state index in [9.17, 15) is 0 Å². The maximum absolute atomic E-state index is 5.18. The Hall–Kier alpha value is -1.97. The smallest absolute Gasteiger partial charge is 0.203 e. The van der Waals surface area contributed by atoms with Crippen LogP contribution in [0.2, 0.25) is 0 Å². The Balaban J connectivity index is 1.82. The van der Waals surface area contributed by atoms with Crippen LogP contribution in [0.4, 0.5) is 5.95 Å². The third-order valence-electron chi connectivity index (χ3n) is 3.38. The van der Waals surface area contributed by atoms with Crippen molar-refractivity contribution in [3.63, 3.8) is 0 Å². The van der Waals surface area contributed by atoms with Crippen molar-refractivity contribution in [3.8, 4) is 5.75 Å². The predicted octanol–water partition coefficient (Wildman–Crippen LogP) is 2.76. The van der Waals surface area contributed by atoms with Gasteiger partial charge in [-0.2, -0.15) is 0 Å². The van der Waals surface area contributed by atoms with E-state index in [1.807, 2.05) is 19.1 Å². The Bertz CT molecular complexity index is 545. The van der Waals surface area contributed by atoms with Crippen LogP contribution in [-0.4, -0.2) is 16.7 Å². The minimum atomic E-state index is 0.338. The van der Waals surface area contributed by atoms with Crippen LogP contribution in [-0.2, 0) is 6.54 Å². The van der Waals surface area contributed by atoms with Gasteiger partial charge in [-0.1, -0.05) is 12.1 Å². The second-order valence-electron chi connectivity index (χ2n) is 4.66. The zero-order valence-corrected chi connectivity index (χ0v) is 10.7. The Morgan fingerprint density at radius 2 is 2.11 bits per heavy atom. The zero-order chi connectivity index (χ0) is 12.5. The molecule has 1 aliphatic rings. The van der Waals surface area contributed by atoms with Crippen molar-refractivity contribution >= 4 is 5.95 Å². The number of methoxy groups -OCH3 is 1. The fourth-order valence-electron chi connectivity index (χ4n) is 2.41. The molecule has 1 atom stereocenters. The molecule has 18 heavy (non-hydrogen) atoms. The van der Waals surface area contributed by atoms with Crippen LogP contribution in [0, 0.1) is 6.92 Å². The maximum Gasteiger partial charge on any atom is 0.203 e. The van der Waals surface area contributed by atoms with Gasteiger partial charge in [-0.05, 0) is 31.0 Å². The summed E-state index contributed by atoms with van der Waals surface area (Å²) in [6, 6.07) is 8.57. The van der Waals surface area contributed by atoms with E-state index in [1.165, 1.54) is 5.56 Å². The van der Waals surface area contributed by atoms with Crippen molar-refractivity contribution < 1.29 is 4.74 Å². The standard InChI is InChI=1S/C14H17N3O/c1-10-9-17-8-7-13(16-14(17)15-10)11-3-5-12(18-2)6-4-11/h3-6,9,13H,7-8H2,1-2H3,(H,15,16). The summed E-state index contributed by atoms with van der Waals surface area (Å²) in [6.07, 6.45) is 3.17. The van der Waals surface area contributed by atoms with Gasteiger partial charge in [0.1, 0.15) is 5.75 Å². The van der Waals surface area contributed by atoms with E-state index in [2.05, 4.69) is 33.2 Å². The number of rotatable bonds is 2. The molecule has 2 heterocycles. The zero-order valence-electron chi connectivity index (χ0n) is 10.7. The molecule has 4 nitrogen and oxygen atoms in total. The van der Waals surface area contributed by atoms with Crippen molar-refractivity contribution in [1.29, 1.82) is 0 Å². The summed E-state index contributed by atoms with van der Waals surface area (Å²) in [4.78, 5) is 4.49. The average Bonchev–Trinajstić information content (AvgIpc) is 2.78. The Morgan fingerprint density at radius 3 is 2.83 bits per heavy atom. The van der Waals surface area contributed by atoms with E-state index in [1.54, 1.807) is 7.11 Å². The fraction of sp³-hybridized carbons (Fsp3) is 0.357. The van der Waals surface area contributed by atoms with Crippen molar-refractivity contribution in [2.24, 2.45) is 0 Å². The molecule has 1 aliphatic heterocycles. The summed E-state index contributed by atoms with van der Waals surface area (Å²) in [7, 11) is 1.69. The third-order valence-corrected chi connectivity index (χ3v) is 3.38. The maximum atomic E-state index is 5.18. The van der Waals surface area contributed by atoms with Crippen molar-refractivity contribution in [2.75, 3.05) is 12.4 Å². The molecule has 0 saturated heterocycles. The van der Waals surface area contributed by atoms with E-state index >= 15 is 0 Å². The topological polar surface area (TPSA) is 39.1 Å². The number of fused-ring (bicyclic) bond motifs is 1. The van der Waals surface area contributed by atoms with Crippen molar-refractivity contribution in [1.82, 2.24) is 9.55 Å². The molecule has 1 aromatic heterocycles. The number of imidazole rings is 1. The number of aryl methyl sites for hydroxylation is 2. The number of aromatic nitrogens is 2. The molecule has 4 heteroatoms. The molecule has 0 radical (unpaired) electrons. The van der Waals surface area contributed by atoms with E-state index in [0.29, 0.717) is 6.04 Å². The Labute approximate surface area is 107 Å². The van der Waals surface area contributed by atoms with Crippen LogP contribution < -0.4 is 10.1 Å². The molecule has 0 spiro atoms. The quantitative estimate of drug-likeness (QED) is 0.881. The van der Waals surface area contributed by atoms with Gasteiger partial charge in [0.15, 0.2) is 0 Å². The van der Waals surface area contributed by atoms with Gasteiger partial charge in [-0.25, -0.2) is 4.98 Å². The van der Waals surface area contributed by atoms with Gasteiger partial charge >= 0.3 is 0 Å². The van der Waals surface area contributed by atoms with Gasteiger partial charge in [0, 0.05) is 12.7 Å². The van der Waals surface area contributed by atoms with E-state index in [-0.39, 0.29) is 0 Å². The molecule has 0 saturated carbocycles. The van der Waals surface area contributed by atoms with Crippen LogP contribution in [0.3, 0.4) is 0 Å². The second kappa shape index (κ2) is 4.37. The van der Waals surface area contributed by atoms with Gasteiger partial charge in [0.25, 0.3) is 0 Å². The number of hydrogen-bond donors (Lipinski definition) is 1. The molecule has 0 aliphatic carbocycles. The molecule has 0 fully saturated rings. The van der Waals surface area contributed by atoms with E-state index in [0.717, 1.165) is 30.4 Å². The summed E-state index contributed by atoms with van der Waals surface area (Å²) >= 11 is 0. The minimum Gasteiger partial charge on any atom is -0.497 e. The number of nitrogens with one attached hydrogen (secondary N) is 1. The molecule has 0 bridgehead atoms. The Kier molecular flexibility index (Phi) is 2.70. The molecular weight excluding hydrogens is 226 g/mol. The number of nitrogens with zero attached hydrogens (tertiary/aromatic N) is 2. The highest BCUT2D eigenvalue weighted by Gasteiger charge is 2.20. The third kappa shape index (κ3) is 1.94. The monoisotopic (exact) mass is 243 g/mol. The highest BCUT2D eigenvalue weighted by atomic mass is 16.5. The Morgan fingerprint density at radius 1 is 1.33 bits per heavy atom. The normalized spacial score (nSPS) is 18.0. The van der Waals surface area contributed by atoms with Gasteiger partial charge < -0.3 is 14.6 Å². The fourth-order valence-corrected chi connectivity index (χ4v) is 2.41. The summed E-state index contributed by atoms with van der Waals surface area (Å²) in [6.45, 7) is 3.04. The summed E-state index contributed by atoms with van der Waals surface area (Å²) in [5.74, 6) is 1.87. The number of hydrogen-bond acceptors (Lipinski definition) is 3. The molecule has 2 aromatic rings. The minimum absolute atomic E-state index is 0.338. The first kappa shape index (κ1) is 11.1. The number of benzene rings is 1. The van der Waals surface area contributed by atoms with Crippen LogP contribution >= 0.6 is 0 Å². The second-order valence-corrected chi connectivity index (χ2v) is 4.66. The molecule has 94 valence electrons. The largest absolute Gasteiger partial charge is 0.497 e. The van der Waals surface area contributed by atoms with Gasteiger partial charge in [-0.3, -0.25) is 0 Å². The van der Waals surface area contributed by atoms with Crippen LogP contribution in [0.15, 0.2) is 30.5 Å². The van der Waals surface area contributed by atoms with Crippen LogP contribution in [0.1, 0.15) is 23.7 Å². The van der Waals surface area contributed by atoms with Crippen LogP contribution in [0.5, 0.6) is 5.75 Å². The summed E-state index contributed by atoms with van der Waals surface area (Å²) < 4.78 is 7.36. The SMILES string of the molecule is COc1ccc(C2CCn3cc(C)nc3N2)cc1. The van der Waals surface area contributed by atoms with Crippen LogP contribution in [0.25, 0.3) is 0 Å². The van der Waals surface area contributed by atoms with Gasteiger partial charge in [-0.15, -0.1) is 0 Å². The lowest BCUT2D eigenvalue weighted by Crippen LogP contribution is -2.21. The lowest BCUT2D eigenvalue weighted by molar-refractivity contribution is 0.414. The summed E-state index contributed by atoms with van der Waals surface area (Å²) in [5.41, 5.74) is 2.34. The molecule has 0 amide bonds. The average molecular weight is 243 g/mol. The molecule has 1 unspecified atom stereocenters. The van der Waals surface area contributed by atoms with Crippen molar-refractivity contribution in [2.45, 2.75) is 25.9 Å². The molecule has 1 N–H and O–H groups in total. The highest BCUT2D eigenvalue weighted by Crippen LogP contribution is 2.29. The number of anilines is 1. The summed E-state index contributed by atoms with van der Waals surface area (Å²) in [5, 5.41) is 3.48. The molecule has 1 aromatic carbocycles. The van der Waals surface area contributed by atoms with Crippen molar-refractivity contribution in [3.05, 3.63) is 41.7 Å². The first-order valence-corrected chi connectivity index (χ1v) is 6.20. The lowest BCUT2D eigenvalue weighted by Gasteiger charge is -2.25. The van der Waals surface area contributed by atoms with Gasteiger partial charge in [0.05, 0.1) is 18.8 Å². The van der Waals surface area contributed by atoms with E-state index in [4.69, 9.17) is 4.74 Å². The predicted molar refractivity (Wildman–Crippen MR) is 70.9 cm³/mol. The first-order chi connectivity index (χ1) is 8.76. The first-order valence-electron chi connectivity index (χ1n) is 6.20.